The van der Waals surface area contributed by atoms with Gasteiger partial charge in [-0.2, -0.15) is 0 Å². The first-order chi connectivity index (χ1) is 8.72. The van der Waals surface area contributed by atoms with Crippen molar-refractivity contribution in [2.24, 2.45) is 5.16 Å². The fraction of sp³-hybridized carbons (Fsp3) is 0.231. The number of aromatic amines is 1. The van der Waals surface area contributed by atoms with E-state index in [0.29, 0.717) is 18.6 Å². The van der Waals surface area contributed by atoms with E-state index in [-0.39, 0.29) is 6.42 Å². The van der Waals surface area contributed by atoms with Crippen LogP contribution in [0.4, 0.5) is 0 Å². The lowest BCUT2D eigenvalue weighted by molar-refractivity contribution is -0.137. The first-order valence-electron chi connectivity index (χ1n) is 5.71. The van der Waals surface area contributed by atoms with Gasteiger partial charge in [-0.15, -0.1) is 0 Å². The maximum Gasteiger partial charge on any atom is 0.303 e. The van der Waals surface area contributed by atoms with Crippen LogP contribution in [0.5, 0.6) is 0 Å². The van der Waals surface area contributed by atoms with E-state index in [0.717, 1.165) is 16.5 Å². The molecule has 1 aromatic carbocycles. The quantitative estimate of drug-likeness (QED) is 0.430. The average molecular weight is 246 g/mol. The Bertz CT molecular complexity index is 587. The highest BCUT2D eigenvalue weighted by Crippen LogP contribution is 2.20. The number of benzene rings is 1. The van der Waals surface area contributed by atoms with Crippen molar-refractivity contribution in [1.82, 2.24) is 4.98 Å². The molecule has 0 spiro atoms. The molecule has 94 valence electrons. The molecule has 0 saturated heterocycles. The highest BCUT2D eigenvalue weighted by atomic mass is 16.4. The van der Waals surface area contributed by atoms with Gasteiger partial charge in [-0.3, -0.25) is 4.79 Å². The van der Waals surface area contributed by atoms with Gasteiger partial charge in [-0.1, -0.05) is 23.4 Å². The summed E-state index contributed by atoms with van der Waals surface area (Å²) in [4.78, 5) is 13.6. The van der Waals surface area contributed by atoms with Gasteiger partial charge in [0, 0.05) is 29.1 Å². The number of aliphatic carboxylic acids is 1. The second-order valence-corrected chi connectivity index (χ2v) is 4.04. The lowest BCUT2D eigenvalue weighted by Gasteiger charge is -2.02. The van der Waals surface area contributed by atoms with Gasteiger partial charge in [0.15, 0.2) is 0 Å². The fourth-order valence-electron chi connectivity index (χ4n) is 1.96. The number of fused-ring (bicyclic) bond motifs is 1. The third-order valence-corrected chi connectivity index (χ3v) is 2.83. The summed E-state index contributed by atoms with van der Waals surface area (Å²) >= 11 is 0. The van der Waals surface area contributed by atoms with E-state index in [4.69, 9.17) is 10.3 Å². The van der Waals surface area contributed by atoms with E-state index in [2.05, 4.69) is 10.1 Å². The molecule has 0 atom stereocenters. The number of carboxylic acids is 1. The number of oxime groups is 1. The van der Waals surface area contributed by atoms with Crippen LogP contribution in [0.15, 0.2) is 35.6 Å². The Morgan fingerprint density at radius 3 is 2.78 bits per heavy atom. The summed E-state index contributed by atoms with van der Waals surface area (Å²) in [5.41, 5.74) is 2.29. The maximum absolute atomic E-state index is 10.5. The first kappa shape index (κ1) is 12.2. The molecule has 5 heteroatoms. The van der Waals surface area contributed by atoms with Gasteiger partial charge in [0.05, 0.1) is 5.71 Å². The van der Waals surface area contributed by atoms with Gasteiger partial charge in [0.1, 0.15) is 0 Å². The van der Waals surface area contributed by atoms with Crippen molar-refractivity contribution >= 4 is 22.6 Å². The topological polar surface area (TPSA) is 85.7 Å². The van der Waals surface area contributed by atoms with Crippen molar-refractivity contribution in [3.8, 4) is 0 Å². The minimum atomic E-state index is -0.841. The zero-order chi connectivity index (χ0) is 13.0. The minimum Gasteiger partial charge on any atom is -0.481 e. The van der Waals surface area contributed by atoms with E-state index in [1.165, 1.54) is 0 Å². The molecule has 1 aromatic heterocycles. The molecular formula is C13H14N2O3. The molecule has 0 amide bonds. The number of hydrogen-bond acceptors (Lipinski definition) is 3. The first-order valence-corrected chi connectivity index (χ1v) is 5.71. The Morgan fingerprint density at radius 1 is 1.28 bits per heavy atom. The number of nitrogens with one attached hydrogen (secondary N) is 1. The average Bonchev–Trinajstić information content (AvgIpc) is 2.78. The number of hydrogen-bond donors (Lipinski definition) is 3. The molecule has 0 aliphatic carbocycles. The van der Waals surface area contributed by atoms with E-state index >= 15 is 0 Å². The summed E-state index contributed by atoms with van der Waals surface area (Å²) in [5.74, 6) is -0.841. The number of carbonyl (C=O) groups is 1. The molecule has 2 rings (SSSR count). The SMILES string of the molecule is O=C(O)CCCC(=NO)c1c[nH]c2ccccc12. The van der Waals surface area contributed by atoms with Gasteiger partial charge in [0.25, 0.3) is 0 Å². The molecule has 0 saturated carbocycles. The summed E-state index contributed by atoms with van der Waals surface area (Å²) in [5, 5.41) is 21.9. The second kappa shape index (κ2) is 5.35. The monoisotopic (exact) mass is 246 g/mol. The molecule has 2 aromatic rings. The van der Waals surface area contributed by atoms with Crippen molar-refractivity contribution < 1.29 is 15.1 Å². The molecule has 18 heavy (non-hydrogen) atoms. The predicted molar refractivity (Wildman–Crippen MR) is 68.1 cm³/mol. The molecule has 0 unspecified atom stereocenters. The molecule has 5 nitrogen and oxygen atoms in total. The third-order valence-electron chi connectivity index (χ3n) is 2.83. The fourth-order valence-corrected chi connectivity index (χ4v) is 1.96. The standard InChI is InChI=1S/C13H14N2O3/c16-13(17)7-3-6-12(15-18)10-8-14-11-5-2-1-4-9(10)11/h1-2,4-5,8,14,18H,3,6-7H2,(H,16,17). The van der Waals surface area contributed by atoms with E-state index in [9.17, 15) is 4.79 Å². The highest BCUT2D eigenvalue weighted by molar-refractivity contribution is 6.10. The Hall–Kier alpha value is -2.30. The number of para-hydroxylation sites is 1. The van der Waals surface area contributed by atoms with Crippen LogP contribution < -0.4 is 0 Å². The van der Waals surface area contributed by atoms with Crippen LogP contribution in [0.1, 0.15) is 24.8 Å². The normalized spacial score (nSPS) is 11.9. The van der Waals surface area contributed by atoms with Crippen LogP contribution >= 0.6 is 0 Å². The van der Waals surface area contributed by atoms with Gasteiger partial charge in [-0.05, 0) is 18.9 Å². The highest BCUT2D eigenvalue weighted by Gasteiger charge is 2.11. The van der Waals surface area contributed by atoms with Gasteiger partial charge in [0.2, 0.25) is 0 Å². The molecule has 0 aliphatic heterocycles. The lowest BCUT2D eigenvalue weighted by Crippen LogP contribution is -2.02. The van der Waals surface area contributed by atoms with E-state index in [1.807, 2.05) is 24.3 Å². The van der Waals surface area contributed by atoms with Gasteiger partial charge >= 0.3 is 5.97 Å². The van der Waals surface area contributed by atoms with Crippen LogP contribution in [-0.4, -0.2) is 27.0 Å². The predicted octanol–water partition coefficient (Wildman–Crippen LogP) is 2.60. The molecule has 0 radical (unpaired) electrons. The zero-order valence-electron chi connectivity index (χ0n) is 9.76. The molecule has 1 heterocycles. The molecule has 0 fully saturated rings. The Balaban J connectivity index is 2.20. The Labute approximate surface area is 104 Å². The number of aromatic nitrogens is 1. The van der Waals surface area contributed by atoms with Crippen molar-refractivity contribution in [3.05, 3.63) is 36.0 Å². The summed E-state index contributed by atoms with van der Waals surface area (Å²) in [7, 11) is 0. The van der Waals surface area contributed by atoms with E-state index in [1.54, 1.807) is 6.20 Å². The second-order valence-electron chi connectivity index (χ2n) is 4.04. The van der Waals surface area contributed by atoms with Crippen LogP contribution in [0.25, 0.3) is 10.9 Å². The smallest absolute Gasteiger partial charge is 0.303 e. The summed E-state index contributed by atoms with van der Waals surface area (Å²) in [6.45, 7) is 0. The van der Waals surface area contributed by atoms with Crippen molar-refractivity contribution in [2.45, 2.75) is 19.3 Å². The van der Waals surface area contributed by atoms with Crippen LogP contribution in [0, 0.1) is 0 Å². The van der Waals surface area contributed by atoms with Gasteiger partial charge in [-0.25, -0.2) is 0 Å². The molecule has 0 bridgehead atoms. The van der Waals surface area contributed by atoms with Crippen LogP contribution in [-0.2, 0) is 4.79 Å². The molecular weight excluding hydrogens is 232 g/mol. The molecule has 0 aliphatic rings. The summed E-state index contributed by atoms with van der Waals surface area (Å²) in [6, 6.07) is 7.70. The number of H-pyrrole nitrogens is 1. The number of nitrogens with zero attached hydrogens (tertiary/aromatic N) is 1. The van der Waals surface area contributed by atoms with E-state index < -0.39 is 5.97 Å². The van der Waals surface area contributed by atoms with Crippen molar-refractivity contribution in [1.29, 1.82) is 0 Å². The van der Waals surface area contributed by atoms with Crippen LogP contribution in [0.2, 0.25) is 0 Å². The Kier molecular flexibility index (Phi) is 3.62. The van der Waals surface area contributed by atoms with Crippen LogP contribution in [0.3, 0.4) is 0 Å². The van der Waals surface area contributed by atoms with Crippen molar-refractivity contribution in [3.63, 3.8) is 0 Å². The molecule has 3 N–H and O–H groups in total. The lowest BCUT2D eigenvalue weighted by atomic mass is 10.0. The number of rotatable bonds is 5. The minimum absolute atomic E-state index is 0.0708. The Morgan fingerprint density at radius 2 is 2.06 bits per heavy atom. The maximum atomic E-state index is 10.5. The van der Waals surface area contributed by atoms with Gasteiger partial charge < -0.3 is 15.3 Å². The van der Waals surface area contributed by atoms with Crippen molar-refractivity contribution in [2.75, 3.05) is 0 Å². The summed E-state index contributed by atoms with van der Waals surface area (Å²) < 4.78 is 0. The zero-order valence-corrected chi connectivity index (χ0v) is 9.76. The summed E-state index contributed by atoms with van der Waals surface area (Å²) in [6.07, 6.45) is 2.74. The third kappa shape index (κ3) is 2.51. The largest absolute Gasteiger partial charge is 0.481 e. The number of carboxylic acid groups (broad SMARTS) is 1.